The molecule has 0 spiro atoms. The molecular formula is C10H11NO3. The van der Waals surface area contributed by atoms with Crippen LogP contribution in [0.2, 0.25) is 0 Å². The number of esters is 1. The van der Waals surface area contributed by atoms with Gasteiger partial charge >= 0.3 is 5.97 Å². The molecule has 0 aromatic heterocycles. The third-order valence-electron chi connectivity index (χ3n) is 1.73. The Kier molecular flexibility index (Phi) is 3.67. The predicted molar refractivity (Wildman–Crippen MR) is 51.5 cm³/mol. The van der Waals surface area contributed by atoms with E-state index in [9.17, 15) is 4.79 Å². The van der Waals surface area contributed by atoms with Gasteiger partial charge in [0.25, 0.3) is 0 Å². The zero-order valence-electron chi connectivity index (χ0n) is 7.80. The molecule has 0 amide bonds. The van der Waals surface area contributed by atoms with Crippen molar-refractivity contribution in [2.24, 2.45) is 5.16 Å². The summed E-state index contributed by atoms with van der Waals surface area (Å²) in [6.45, 7) is 0. The minimum absolute atomic E-state index is 0.226. The fraction of sp³-hybridized carbons (Fsp3) is 0.200. The van der Waals surface area contributed by atoms with E-state index in [1.165, 1.54) is 13.3 Å². The van der Waals surface area contributed by atoms with Gasteiger partial charge in [0.2, 0.25) is 0 Å². The molecule has 0 radical (unpaired) electrons. The summed E-state index contributed by atoms with van der Waals surface area (Å²) in [6, 6.07) is 7.14. The van der Waals surface area contributed by atoms with Gasteiger partial charge in [0.05, 0.1) is 19.7 Å². The van der Waals surface area contributed by atoms with Crippen molar-refractivity contribution in [2.75, 3.05) is 7.11 Å². The lowest BCUT2D eigenvalue weighted by Gasteiger charge is -2.00. The van der Waals surface area contributed by atoms with E-state index in [4.69, 9.17) is 5.21 Å². The van der Waals surface area contributed by atoms with Crippen LogP contribution in [0.3, 0.4) is 0 Å². The molecule has 0 bridgehead atoms. The molecule has 0 aliphatic rings. The Morgan fingerprint density at radius 3 is 3.07 bits per heavy atom. The Bertz CT molecular complexity index is 347. The summed E-state index contributed by atoms with van der Waals surface area (Å²) in [6.07, 6.45) is 1.53. The molecule has 1 aromatic rings. The highest BCUT2D eigenvalue weighted by Crippen LogP contribution is 2.04. The number of oxime groups is 1. The number of hydrogen-bond acceptors (Lipinski definition) is 4. The highest BCUT2D eigenvalue weighted by Gasteiger charge is 2.02. The molecule has 4 heteroatoms. The molecule has 1 aromatic carbocycles. The van der Waals surface area contributed by atoms with E-state index in [2.05, 4.69) is 9.89 Å². The first kappa shape index (κ1) is 10.2. The molecule has 1 N–H and O–H groups in total. The molecule has 0 heterocycles. The van der Waals surface area contributed by atoms with E-state index in [1.807, 2.05) is 6.07 Å². The number of carbonyl (C=O) groups is 1. The summed E-state index contributed by atoms with van der Waals surface area (Å²) in [5.74, 6) is -0.289. The summed E-state index contributed by atoms with van der Waals surface area (Å²) in [7, 11) is 1.35. The fourth-order valence-electron chi connectivity index (χ4n) is 1.09. The highest BCUT2D eigenvalue weighted by atomic mass is 16.5. The van der Waals surface area contributed by atoms with Gasteiger partial charge in [0, 0.05) is 0 Å². The maximum atomic E-state index is 10.9. The normalized spacial score (nSPS) is 10.4. The van der Waals surface area contributed by atoms with Crippen molar-refractivity contribution in [3.63, 3.8) is 0 Å². The van der Waals surface area contributed by atoms with Crippen LogP contribution in [0.5, 0.6) is 0 Å². The molecule has 14 heavy (non-hydrogen) atoms. The third-order valence-corrected chi connectivity index (χ3v) is 1.73. The zero-order chi connectivity index (χ0) is 10.4. The molecule has 0 aliphatic heterocycles. The maximum Gasteiger partial charge on any atom is 0.309 e. The molecule has 0 atom stereocenters. The predicted octanol–water partition coefficient (Wildman–Crippen LogP) is 1.21. The molecule has 0 saturated carbocycles. The van der Waals surface area contributed by atoms with Crippen molar-refractivity contribution >= 4 is 12.2 Å². The van der Waals surface area contributed by atoms with Crippen molar-refractivity contribution in [3.05, 3.63) is 35.4 Å². The lowest BCUT2D eigenvalue weighted by Crippen LogP contribution is -2.04. The summed E-state index contributed by atoms with van der Waals surface area (Å²) in [5.41, 5.74) is 1.57. The van der Waals surface area contributed by atoms with Crippen LogP contribution in [-0.2, 0) is 16.0 Å². The minimum Gasteiger partial charge on any atom is -0.469 e. The second-order valence-corrected chi connectivity index (χ2v) is 2.74. The van der Waals surface area contributed by atoms with Gasteiger partial charge in [-0.05, 0) is 17.2 Å². The van der Waals surface area contributed by atoms with E-state index >= 15 is 0 Å². The Balaban J connectivity index is 2.78. The summed E-state index contributed by atoms with van der Waals surface area (Å²) in [5, 5.41) is 11.2. The Morgan fingerprint density at radius 1 is 1.64 bits per heavy atom. The molecule has 4 nitrogen and oxygen atoms in total. The SMILES string of the molecule is COC(=O)Cc1cccc(/C=N/O)c1. The number of benzene rings is 1. The first-order valence-electron chi connectivity index (χ1n) is 4.09. The first-order valence-corrected chi connectivity index (χ1v) is 4.09. The summed E-state index contributed by atoms with van der Waals surface area (Å²) in [4.78, 5) is 10.9. The molecule has 0 fully saturated rings. The van der Waals surface area contributed by atoms with Crippen LogP contribution in [0, 0.1) is 0 Å². The smallest absolute Gasteiger partial charge is 0.309 e. The lowest BCUT2D eigenvalue weighted by molar-refractivity contribution is -0.139. The van der Waals surface area contributed by atoms with Gasteiger partial charge < -0.3 is 9.94 Å². The van der Waals surface area contributed by atoms with Gasteiger partial charge in [-0.25, -0.2) is 0 Å². The average molecular weight is 193 g/mol. The van der Waals surface area contributed by atoms with Crippen molar-refractivity contribution in [2.45, 2.75) is 6.42 Å². The van der Waals surface area contributed by atoms with Crippen LogP contribution in [0.4, 0.5) is 0 Å². The number of ether oxygens (including phenoxy) is 1. The van der Waals surface area contributed by atoms with Gasteiger partial charge in [-0.1, -0.05) is 23.4 Å². The van der Waals surface area contributed by atoms with E-state index < -0.39 is 0 Å². The molecule has 0 unspecified atom stereocenters. The van der Waals surface area contributed by atoms with E-state index in [0.29, 0.717) is 0 Å². The van der Waals surface area contributed by atoms with Crippen LogP contribution in [0.1, 0.15) is 11.1 Å². The molecular weight excluding hydrogens is 182 g/mol. The number of rotatable bonds is 3. The van der Waals surface area contributed by atoms with Crippen LogP contribution in [0.15, 0.2) is 29.4 Å². The molecule has 0 aliphatic carbocycles. The Hall–Kier alpha value is -1.84. The van der Waals surface area contributed by atoms with E-state index in [0.717, 1.165) is 11.1 Å². The van der Waals surface area contributed by atoms with Gasteiger partial charge in [0.1, 0.15) is 0 Å². The standard InChI is InChI=1S/C10H11NO3/c1-14-10(12)6-8-3-2-4-9(5-8)7-11-13/h2-5,7,13H,6H2,1H3/b11-7+. The Labute approximate surface area is 81.8 Å². The van der Waals surface area contributed by atoms with Crippen molar-refractivity contribution in [1.82, 2.24) is 0 Å². The van der Waals surface area contributed by atoms with Crippen molar-refractivity contribution in [1.29, 1.82) is 0 Å². The van der Waals surface area contributed by atoms with Crippen molar-refractivity contribution in [3.8, 4) is 0 Å². The number of methoxy groups -OCH3 is 1. The maximum absolute atomic E-state index is 10.9. The Morgan fingerprint density at radius 2 is 2.43 bits per heavy atom. The molecule has 74 valence electrons. The highest BCUT2D eigenvalue weighted by molar-refractivity contribution is 5.80. The van der Waals surface area contributed by atoms with Gasteiger partial charge in [-0.2, -0.15) is 0 Å². The summed E-state index contributed by atoms with van der Waals surface area (Å²) >= 11 is 0. The van der Waals surface area contributed by atoms with Crippen LogP contribution >= 0.6 is 0 Å². The quantitative estimate of drug-likeness (QED) is 0.340. The van der Waals surface area contributed by atoms with Gasteiger partial charge in [-0.15, -0.1) is 0 Å². The monoisotopic (exact) mass is 193 g/mol. The van der Waals surface area contributed by atoms with Gasteiger partial charge in [0.15, 0.2) is 0 Å². The van der Waals surface area contributed by atoms with Crippen LogP contribution < -0.4 is 0 Å². The van der Waals surface area contributed by atoms with E-state index in [-0.39, 0.29) is 12.4 Å². The second-order valence-electron chi connectivity index (χ2n) is 2.74. The minimum atomic E-state index is -0.289. The largest absolute Gasteiger partial charge is 0.469 e. The summed E-state index contributed by atoms with van der Waals surface area (Å²) < 4.78 is 4.53. The topological polar surface area (TPSA) is 58.9 Å². The first-order chi connectivity index (χ1) is 6.76. The van der Waals surface area contributed by atoms with Gasteiger partial charge in [-0.3, -0.25) is 4.79 Å². The third kappa shape index (κ3) is 2.90. The molecule has 0 saturated heterocycles. The van der Waals surface area contributed by atoms with Crippen LogP contribution in [-0.4, -0.2) is 24.5 Å². The average Bonchev–Trinajstić information content (AvgIpc) is 2.19. The number of hydrogen-bond donors (Lipinski definition) is 1. The van der Waals surface area contributed by atoms with E-state index in [1.54, 1.807) is 18.2 Å². The second kappa shape index (κ2) is 5.01. The van der Waals surface area contributed by atoms with Crippen LogP contribution in [0.25, 0.3) is 0 Å². The number of carbonyl (C=O) groups excluding carboxylic acids is 1. The number of nitrogens with zero attached hydrogens (tertiary/aromatic N) is 1. The zero-order valence-corrected chi connectivity index (χ0v) is 7.80. The fourth-order valence-corrected chi connectivity index (χ4v) is 1.09. The lowest BCUT2D eigenvalue weighted by atomic mass is 10.1. The van der Waals surface area contributed by atoms with Crippen molar-refractivity contribution < 1.29 is 14.7 Å². The molecule has 1 rings (SSSR count).